The van der Waals surface area contributed by atoms with E-state index in [1.807, 2.05) is 0 Å². The summed E-state index contributed by atoms with van der Waals surface area (Å²) in [6, 6.07) is 0. The Balaban J connectivity index is 2.07. The van der Waals surface area contributed by atoms with Gasteiger partial charge in [-0.1, -0.05) is 0 Å². The molecule has 0 aromatic carbocycles. The molecule has 112 valence electrons. The number of Topliss-reactive ketones (excluding diaryl/α,β-unsaturated/α-hetero) is 1. The van der Waals surface area contributed by atoms with E-state index in [1.165, 1.54) is 0 Å². The summed E-state index contributed by atoms with van der Waals surface area (Å²) in [5.41, 5.74) is 0. The summed E-state index contributed by atoms with van der Waals surface area (Å²) in [7, 11) is 0. The molecule has 5 nitrogen and oxygen atoms in total. The first-order chi connectivity index (χ1) is 9.34. The number of rotatable bonds is 3. The Bertz CT molecular complexity index is 438. The van der Waals surface area contributed by atoms with Crippen LogP contribution in [0.1, 0.15) is 26.2 Å². The van der Waals surface area contributed by atoms with Gasteiger partial charge < -0.3 is 9.64 Å². The van der Waals surface area contributed by atoms with Crippen molar-refractivity contribution in [3.8, 4) is 0 Å². The monoisotopic (exact) mass is 289 g/mol. The molecular weight excluding hydrogens is 272 g/mol. The maximum Gasteiger partial charge on any atom is 0.310 e. The highest BCUT2D eigenvalue weighted by molar-refractivity contribution is 5.96. The number of ketones is 1. The van der Waals surface area contributed by atoms with Crippen LogP contribution in [0.2, 0.25) is 0 Å². The van der Waals surface area contributed by atoms with Crippen LogP contribution in [0.4, 0.5) is 8.78 Å². The van der Waals surface area contributed by atoms with Gasteiger partial charge >= 0.3 is 5.97 Å². The molecule has 0 spiro atoms. The number of amides is 1. The smallest absolute Gasteiger partial charge is 0.310 e. The molecule has 2 rings (SSSR count). The van der Waals surface area contributed by atoms with Crippen LogP contribution in [0.3, 0.4) is 0 Å². The van der Waals surface area contributed by atoms with Crippen LogP contribution in [0.25, 0.3) is 0 Å². The molecule has 1 saturated heterocycles. The third-order valence-electron chi connectivity index (χ3n) is 3.77. The topological polar surface area (TPSA) is 63.7 Å². The molecule has 1 aliphatic heterocycles. The van der Waals surface area contributed by atoms with E-state index in [4.69, 9.17) is 4.74 Å². The third kappa shape index (κ3) is 2.96. The van der Waals surface area contributed by atoms with Crippen molar-refractivity contribution in [2.45, 2.75) is 32.1 Å². The van der Waals surface area contributed by atoms with Gasteiger partial charge in [-0.15, -0.1) is 0 Å². The number of carbonyl (C=O) groups is 3. The van der Waals surface area contributed by atoms with Crippen molar-refractivity contribution in [1.29, 1.82) is 0 Å². The molecule has 1 saturated carbocycles. The predicted molar refractivity (Wildman–Crippen MR) is 64.0 cm³/mol. The van der Waals surface area contributed by atoms with Crippen molar-refractivity contribution in [1.82, 2.24) is 4.90 Å². The molecule has 0 bridgehead atoms. The summed E-state index contributed by atoms with van der Waals surface area (Å²) in [5.74, 6) is -5.89. The van der Waals surface area contributed by atoms with Crippen LogP contribution >= 0.6 is 0 Å². The Labute approximate surface area is 115 Å². The molecule has 0 aromatic heterocycles. The van der Waals surface area contributed by atoms with Crippen molar-refractivity contribution < 1.29 is 27.9 Å². The van der Waals surface area contributed by atoms with E-state index in [0.717, 1.165) is 4.90 Å². The first kappa shape index (κ1) is 14.9. The summed E-state index contributed by atoms with van der Waals surface area (Å²) in [6.07, 6.45) is -0.479. The molecule has 7 heteroatoms. The summed E-state index contributed by atoms with van der Waals surface area (Å²) in [4.78, 5) is 36.5. The van der Waals surface area contributed by atoms with Gasteiger partial charge in [-0.2, -0.15) is 0 Å². The fourth-order valence-electron chi connectivity index (χ4n) is 2.77. The second-order valence-corrected chi connectivity index (χ2v) is 5.28. The number of hydrogen-bond acceptors (Lipinski definition) is 4. The Morgan fingerprint density at radius 3 is 2.55 bits per heavy atom. The molecule has 0 aromatic rings. The highest BCUT2D eigenvalue weighted by Gasteiger charge is 2.48. The van der Waals surface area contributed by atoms with E-state index in [-0.39, 0.29) is 38.2 Å². The zero-order valence-electron chi connectivity index (χ0n) is 11.2. The summed E-state index contributed by atoms with van der Waals surface area (Å²) >= 11 is 0. The standard InChI is InChI=1S/C13H17F2NO4/c1-2-20-12(19)10-6-8(17)5-9(10)11(18)16-4-3-13(14,15)7-16/h9-10H,2-7H2,1H3. The van der Waals surface area contributed by atoms with Crippen molar-refractivity contribution in [2.75, 3.05) is 19.7 Å². The molecule has 2 fully saturated rings. The van der Waals surface area contributed by atoms with E-state index in [2.05, 4.69) is 0 Å². The lowest BCUT2D eigenvalue weighted by Crippen LogP contribution is -2.39. The van der Waals surface area contributed by atoms with Crippen molar-refractivity contribution in [2.24, 2.45) is 11.8 Å². The minimum absolute atomic E-state index is 0.0356. The Morgan fingerprint density at radius 2 is 2.00 bits per heavy atom. The summed E-state index contributed by atoms with van der Waals surface area (Å²) in [5, 5.41) is 0. The molecule has 2 aliphatic rings. The van der Waals surface area contributed by atoms with Crippen molar-refractivity contribution in [3.05, 3.63) is 0 Å². The minimum atomic E-state index is -2.88. The molecule has 2 atom stereocenters. The summed E-state index contributed by atoms with van der Waals surface area (Å²) < 4.78 is 31.1. The normalized spacial score (nSPS) is 28.8. The highest BCUT2D eigenvalue weighted by Crippen LogP contribution is 2.35. The first-order valence-corrected chi connectivity index (χ1v) is 6.69. The number of esters is 1. The van der Waals surface area contributed by atoms with Gasteiger partial charge in [-0.3, -0.25) is 14.4 Å². The number of alkyl halides is 2. The molecular formula is C13H17F2NO4. The molecule has 1 amide bonds. The molecule has 1 heterocycles. The Hall–Kier alpha value is -1.53. The maximum absolute atomic E-state index is 13.1. The fourth-order valence-corrected chi connectivity index (χ4v) is 2.77. The van der Waals surface area contributed by atoms with Crippen LogP contribution in [0.5, 0.6) is 0 Å². The zero-order valence-corrected chi connectivity index (χ0v) is 11.2. The average Bonchev–Trinajstić information content (AvgIpc) is 2.92. The van der Waals surface area contributed by atoms with Crippen LogP contribution in [-0.2, 0) is 19.1 Å². The van der Waals surface area contributed by atoms with E-state index >= 15 is 0 Å². The average molecular weight is 289 g/mol. The van der Waals surface area contributed by atoms with E-state index in [9.17, 15) is 23.2 Å². The number of halogens is 2. The molecule has 1 aliphatic carbocycles. The molecule has 2 unspecified atom stereocenters. The van der Waals surface area contributed by atoms with E-state index in [0.29, 0.717) is 0 Å². The van der Waals surface area contributed by atoms with Gasteiger partial charge in [0.15, 0.2) is 0 Å². The van der Waals surface area contributed by atoms with Gasteiger partial charge in [0.25, 0.3) is 5.92 Å². The Morgan fingerprint density at radius 1 is 1.35 bits per heavy atom. The second kappa shape index (κ2) is 5.46. The van der Waals surface area contributed by atoms with Crippen LogP contribution in [0, 0.1) is 11.8 Å². The highest BCUT2D eigenvalue weighted by atomic mass is 19.3. The predicted octanol–water partition coefficient (Wildman–Crippen LogP) is 1.01. The number of carbonyl (C=O) groups excluding carboxylic acids is 3. The van der Waals surface area contributed by atoms with Crippen molar-refractivity contribution in [3.63, 3.8) is 0 Å². The lowest BCUT2D eigenvalue weighted by molar-refractivity contribution is -0.153. The quantitative estimate of drug-likeness (QED) is 0.727. The number of likely N-dealkylation sites (tertiary alicyclic amines) is 1. The maximum atomic E-state index is 13.1. The van der Waals surface area contributed by atoms with Crippen LogP contribution in [-0.4, -0.2) is 48.2 Å². The minimum Gasteiger partial charge on any atom is -0.466 e. The van der Waals surface area contributed by atoms with E-state index < -0.39 is 36.2 Å². The Kier molecular flexibility index (Phi) is 4.06. The second-order valence-electron chi connectivity index (χ2n) is 5.28. The fraction of sp³-hybridized carbons (Fsp3) is 0.769. The first-order valence-electron chi connectivity index (χ1n) is 6.69. The molecule has 0 N–H and O–H groups in total. The van der Waals surface area contributed by atoms with Crippen LogP contribution in [0.15, 0.2) is 0 Å². The summed E-state index contributed by atoms with van der Waals surface area (Å²) in [6.45, 7) is 1.12. The van der Waals surface area contributed by atoms with E-state index in [1.54, 1.807) is 6.92 Å². The molecule has 20 heavy (non-hydrogen) atoms. The molecule has 0 radical (unpaired) electrons. The van der Waals surface area contributed by atoms with Crippen LogP contribution < -0.4 is 0 Å². The van der Waals surface area contributed by atoms with Gasteiger partial charge in [-0.05, 0) is 6.92 Å². The van der Waals surface area contributed by atoms with Crippen molar-refractivity contribution >= 4 is 17.7 Å². The van der Waals surface area contributed by atoms with Gasteiger partial charge in [0, 0.05) is 25.8 Å². The van der Waals surface area contributed by atoms with Gasteiger partial charge in [-0.25, -0.2) is 8.78 Å². The number of ether oxygens (including phenoxy) is 1. The third-order valence-corrected chi connectivity index (χ3v) is 3.77. The number of nitrogens with zero attached hydrogens (tertiary/aromatic N) is 1. The lowest BCUT2D eigenvalue weighted by Gasteiger charge is -2.23. The van der Waals surface area contributed by atoms with Gasteiger partial charge in [0.05, 0.1) is 25.0 Å². The van der Waals surface area contributed by atoms with Gasteiger partial charge in [0.2, 0.25) is 5.91 Å². The number of hydrogen-bond donors (Lipinski definition) is 0. The van der Waals surface area contributed by atoms with Gasteiger partial charge in [0.1, 0.15) is 5.78 Å². The SMILES string of the molecule is CCOC(=O)C1CC(=O)CC1C(=O)N1CCC(F)(F)C1. The zero-order chi connectivity index (χ0) is 14.9. The lowest BCUT2D eigenvalue weighted by atomic mass is 9.95. The largest absolute Gasteiger partial charge is 0.466 e.